The van der Waals surface area contributed by atoms with Crippen LogP contribution in [0.4, 0.5) is 0 Å². The van der Waals surface area contributed by atoms with Gasteiger partial charge in [0.05, 0.1) is 56.1 Å². The molecule has 0 aromatic carbocycles. The minimum absolute atomic E-state index is 0. The molecule has 0 saturated carbocycles. The van der Waals surface area contributed by atoms with E-state index in [0.29, 0.717) is 0 Å². The van der Waals surface area contributed by atoms with E-state index in [4.69, 9.17) is 0 Å². The number of esters is 2. The van der Waals surface area contributed by atoms with Gasteiger partial charge in [0.15, 0.2) is 0 Å². The average Bonchev–Trinajstić information content (AvgIpc) is 2.47. The molecule has 0 spiro atoms. The summed E-state index contributed by atoms with van der Waals surface area (Å²) in [6, 6.07) is 0. The Kier molecular flexibility index (Phi) is 17.8. The van der Waals surface area contributed by atoms with Crippen molar-refractivity contribution in [3.63, 3.8) is 0 Å². The van der Waals surface area contributed by atoms with Crippen LogP contribution in [0.1, 0.15) is 27.7 Å². The van der Waals surface area contributed by atoms with E-state index in [0.717, 1.165) is 12.5 Å². The number of ether oxygens (including phenoxy) is 2. The van der Waals surface area contributed by atoms with Gasteiger partial charge in [-0.2, -0.15) is 0 Å². The molecular formula is C14H22CaO10S2. The first-order valence-corrected chi connectivity index (χ1v) is 10.4. The Morgan fingerprint density at radius 2 is 1.07 bits per heavy atom. The zero-order valence-corrected chi connectivity index (χ0v) is 19.3. The van der Waals surface area contributed by atoms with Gasteiger partial charge in [0, 0.05) is 0 Å². The smallest absolute Gasteiger partial charge is 0.748 e. The predicted octanol–water partition coefficient (Wildman–Crippen LogP) is 0.108. The normalized spacial score (nSPS) is 13.9. The summed E-state index contributed by atoms with van der Waals surface area (Å²) in [4.78, 5) is 21.8. The molecule has 0 saturated heterocycles. The molecule has 0 amide bonds. The van der Waals surface area contributed by atoms with Crippen LogP contribution in [0.15, 0.2) is 24.7 Å². The summed E-state index contributed by atoms with van der Waals surface area (Å²) in [5.41, 5.74) is 0. The molecule has 0 radical (unpaired) electrons. The maximum absolute atomic E-state index is 10.9. The van der Waals surface area contributed by atoms with Gasteiger partial charge in [-0.15, -0.1) is 0 Å². The molecule has 0 rings (SSSR count). The summed E-state index contributed by atoms with van der Waals surface area (Å²) in [7, 11) is -8.74. The second kappa shape index (κ2) is 15.4. The molecule has 2 unspecified atom stereocenters. The fourth-order valence-corrected chi connectivity index (χ4v) is 2.75. The maximum Gasteiger partial charge on any atom is 2.00 e. The molecule has 10 nitrogen and oxygen atoms in total. The van der Waals surface area contributed by atoms with Crippen molar-refractivity contribution in [3.05, 3.63) is 24.7 Å². The number of hydrogen-bond donors (Lipinski definition) is 0. The number of rotatable bonds is 8. The second-order valence-electron chi connectivity index (χ2n) is 5.06. The fraction of sp³-hybridized carbons (Fsp3) is 0.571. The minimum Gasteiger partial charge on any atom is -0.748 e. The first-order valence-electron chi connectivity index (χ1n) is 7.24. The first kappa shape index (κ1) is 31.2. The van der Waals surface area contributed by atoms with Gasteiger partial charge in [-0.3, -0.25) is 9.59 Å². The predicted molar refractivity (Wildman–Crippen MR) is 95.0 cm³/mol. The summed E-state index contributed by atoms with van der Waals surface area (Å²) in [5, 5.41) is 0. The van der Waals surface area contributed by atoms with Crippen LogP contribution in [0, 0.1) is 11.8 Å². The van der Waals surface area contributed by atoms with Gasteiger partial charge in [0.1, 0.15) is 0 Å². The van der Waals surface area contributed by atoms with Crippen LogP contribution in [0.25, 0.3) is 0 Å². The van der Waals surface area contributed by atoms with E-state index in [1.54, 1.807) is 13.8 Å². The van der Waals surface area contributed by atoms with E-state index in [-0.39, 0.29) is 37.7 Å². The summed E-state index contributed by atoms with van der Waals surface area (Å²) in [6.45, 7) is 5.92. The van der Waals surface area contributed by atoms with Crippen molar-refractivity contribution in [2.75, 3.05) is 11.5 Å². The van der Waals surface area contributed by atoms with Crippen molar-refractivity contribution in [1.82, 2.24) is 0 Å². The Morgan fingerprint density at radius 1 is 0.815 bits per heavy atom. The van der Waals surface area contributed by atoms with Gasteiger partial charge in [-0.25, -0.2) is 16.8 Å². The van der Waals surface area contributed by atoms with Crippen LogP contribution < -0.4 is 0 Å². The van der Waals surface area contributed by atoms with Gasteiger partial charge in [-0.1, -0.05) is 26.0 Å². The third kappa shape index (κ3) is 21.7. The second-order valence-corrected chi connectivity index (χ2v) is 7.96. The molecule has 0 heterocycles. The Bertz CT molecular complexity index is 648. The summed E-state index contributed by atoms with van der Waals surface area (Å²) >= 11 is 0. The van der Waals surface area contributed by atoms with Gasteiger partial charge in [0.2, 0.25) is 0 Å². The van der Waals surface area contributed by atoms with Gasteiger partial charge in [0.25, 0.3) is 0 Å². The number of allylic oxidation sites excluding steroid dienone is 2. The van der Waals surface area contributed by atoms with E-state index in [1.807, 2.05) is 0 Å². The largest absolute Gasteiger partial charge is 2.00 e. The topological polar surface area (TPSA) is 167 Å². The van der Waals surface area contributed by atoms with Crippen molar-refractivity contribution in [3.8, 4) is 0 Å². The molecule has 0 aliphatic carbocycles. The van der Waals surface area contributed by atoms with Gasteiger partial charge in [-0.05, 0) is 13.8 Å². The molecule has 152 valence electrons. The van der Waals surface area contributed by atoms with E-state index < -0.39 is 55.5 Å². The molecule has 27 heavy (non-hydrogen) atoms. The standard InChI is InChI=1S/2C7H12O5S.Ca/c2*1-3-4-12-7(8)6(2)5-13(9,10)11;/h2*3-4,6H,5H2,1-2H3,(H,9,10,11);/q;;+2/p-2/b2*4-3+;. The van der Waals surface area contributed by atoms with E-state index in [2.05, 4.69) is 9.47 Å². The molecule has 0 N–H and O–H groups in total. The van der Waals surface area contributed by atoms with Crippen molar-refractivity contribution in [1.29, 1.82) is 0 Å². The molecule has 0 bridgehead atoms. The third-order valence-electron chi connectivity index (χ3n) is 2.35. The Hall–Kier alpha value is -0.500. The fourth-order valence-electron chi connectivity index (χ4n) is 1.25. The SMILES string of the molecule is C/C=C/OC(=O)C(C)CS(=O)(=O)[O-].C/C=C/OC(=O)C(C)CS(=O)(=O)[O-].[Ca+2]. The molecule has 0 aromatic heterocycles. The number of carbonyl (C=O) groups is 2. The summed E-state index contributed by atoms with van der Waals surface area (Å²) < 4.78 is 70.4. The molecule has 0 aromatic rings. The molecule has 2 atom stereocenters. The van der Waals surface area contributed by atoms with Crippen molar-refractivity contribution in [2.24, 2.45) is 11.8 Å². The van der Waals surface area contributed by atoms with Gasteiger partial charge < -0.3 is 18.6 Å². The average molecular weight is 455 g/mol. The zero-order valence-electron chi connectivity index (χ0n) is 15.5. The third-order valence-corrected chi connectivity index (χ3v) is 4.17. The van der Waals surface area contributed by atoms with Crippen molar-refractivity contribution >= 4 is 69.9 Å². The van der Waals surface area contributed by atoms with Crippen LogP contribution in [-0.4, -0.2) is 87.1 Å². The number of hydrogen-bond acceptors (Lipinski definition) is 10. The van der Waals surface area contributed by atoms with E-state index >= 15 is 0 Å². The van der Waals surface area contributed by atoms with Crippen LogP contribution in [-0.2, 0) is 39.3 Å². The van der Waals surface area contributed by atoms with Crippen LogP contribution >= 0.6 is 0 Å². The van der Waals surface area contributed by atoms with Crippen LogP contribution in [0.2, 0.25) is 0 Å². The van der Waals surface area contributed by atoms with Crippen molar-refractivity contribution in [2.45, 2.75) is 27.7 Å². The van der Waals surface area contributed by atoms with Crippen molar-refractivity contribution < 1.29 is 45.0 Å². The molecule has 0 aliphatic rings. The monoisotopic (exact) mass is 454 g/mol. The quantitative estimate of drug-likeness (QED) is 0.212. The Labute approximate surface area is 189 Å². The van der Waals surface area contributed by atoms with Gasteiger partial charge >= 0.3 is 49.7 Å². The maximum atomic E-state index is 10.9. The minimum atomic E-state index is -4.37. The van der Waals surface area contributed by atoms with Crippen LogP contribution in [0.5, 0.6) is 0 Å². The number of carbonyl (C=O) groups excluding carboxylic acids is 2. The molecule has 0 aliphatic heterocycles. The summed E-state index contributed by atoms with van der Waals surface area (Å²) in [5.74, 6) is -4.78. The summed E-state index contributed by atoms with van der Waals surface area (Å²) in [6.07, 6.45) is 5.24. The van der Waals surface area contributed by atoms with E-state index in [1.165, 1.54) is 26.0 Å². The zero-order chi connectivity index (χ0) is 21.0. The Balaban J connectivity index is -0.000000411. The molecule has 0 fully saturated rings. The first-order chi connectivity index (χ1) is 11.7. The van der Waals surface area contributed by atoms with E-state index in [9.17, 15) is 35.5 Å². The molecule has 13 heteroatoms. The molecular weight excluding hydrogens is 432 g/mol. The Morgan fingerprint density at radius 3 is 1.26 bits per heavy atom. The van der Waals surface area contributed by atoms with Crippen LogP contribution in [0.3, 0.4) is 0 Å².